The van der Waals surface area contributed by atoms with Gasteiger partial charge in [0.05, 0.1) is 17.9 Å². The Balaban J connectivity index is 1.37. The number of likely N-dealkylation sites (tertiary alicyclic amines) is 1. The van der Waals surface area contributed by atoms with Crippen LogP contribution in [-0.4, -0.2) is 47.9 Å². The number of nitrogens with zero attached hydrogens (tertiary/aromatic N) is 1. The molecule has 5 aliphatic rings. The number of benzene rings is 2. The summed E-state index contributed by atoms with van der Waals surface area (Å²) >= 11 is 0. The second kappa shape index (κ2) is 8.05. The number of amides is 3. The van der Waals surface area contributed by atoms with Gasteiger partial charge < -0.3 is 10.1 Å². The molecule has 3 aliphatic carbocycles. The fourth-order valence-corrected chi connectivity index (χ4v) is 6.82. The quantitative estimate of drug-likeness (QED) is 0.699. The normalized spacial score (nSPS) is 29.7. The molecule has 0 radical (unpaired) electrons. The summed E-state index contributed by atoms with van der Waals surface area (Å²) < 4.78 is 5.63. The lowest BCUT2D eigenvalue weighted by atomic mass is 9.55. The molecule has 0 spiro atoms. The number of imide groups is 1. The second-order valence-electron chi connectivity index (χ2n) is 10.4. The van der Waals surface area contributed by atoms with Crippen molar-refractivity contribution in [2.24, 2.45) is 17.8 Å². The number of ether oxygens (including phenoxy) is 1. The fourth-order valence-electron chi connectivity index (χ4n) is 6.82. The van der Waals surface area contributed by atoms with Gasteiger partial charge in [-0.05, 0) is 41.0 Å². The van der Waals surface area contributed by atoms with Crippen molar-refractivity contribution in [1.82, 2.24) is 10.2 Å². The van der Waals surface area contributed by atoms with Crippen molar-refractivity contribution in [2.75, 3.05) is 13.2 Å². The lowest BCUT2D eigenvalue weighted by molar-refractivity contribution is -0.149. The maximum Gasteiger partial charge on any atom is 0.243 e. The highest BCUT2D eigenvalue weighted by molar-refractivity contribution is 6.10. The monoisotopic (exact) mass is 458 g/mol. The Morgan fingerprint density at radius 3 is 1.85 bits per heavy atom. The second-order valence-corrected chi connectivity index (χ2v) is 10.4. The van der Waals surface area contributed by atoms with Gasteiger partial charge in [-0.1, -0.05) is 62.4 Å². The molecule has 2 aliphatic heterocycles. The van der Waals surface area contributed by atoms with Crippen LogP contribution in [0.15, 0.2) is 48.5 Å². The van der Waals surface area contributed by atoms with E-state index >= 15 is 0 Å². The summed E-state index contributed by atoms with van der Waals surface area (Å²) in [5, 5.41) is 2.97. The number of carbonyl (C=O) groups excluding carboxylic acids is 3. The average molecular weight is 459 g/mol. The standard InChI is InChI=1S/C28H30N2O4/c1-15(2)25(26(31)29-14-16-8-7-13-34-16)30-27(32)23-21-17-9-3-4-10-18(17)22(24(23)28(30)33)20-12-6-5-11-19(20)21/h3-6,9-12,15-16,21-25H,7-8,13-14H2,1-2H3,(H,29,31)/t16-,21?,22?,23-,24+,25-/m1/s1. The molecule has 176 valence electrons. The number of nitrogens with one attached hydrogen (secondary N) is 1. The number of carbonyl (C=O) groups is 3. The third-order valence-corrected chi connectivity index (χ3v) is 8.19. The molecule has 0 unspecified atom stereocenters. The molecule has 1 N–H and O–H groups in total. The van der Waals surface area contributed by atoms with Crippen LogP contribution in [0.1, 0.15) is 60.8 Å². The van der Waals surface area contributed by atoms with E-state index < -0.39 is 17.9 Å². The molecule has 2 aromatic rings. The van der Waals surface area contributed by atoms with E-state index in [1.54, 1.807) is 0 Å². The van der Waals surface area contributed by atoms with Gasteiger partial charge in [0.2, 0.25) is 17.7 Å². The van der Waals surface area contributed by atoms with Crippen molar-refractivity contribution < 1.29 is 19.1 Å². The first kappa shape index (κ1) is 21.5. The fraction of sp³-hybridized carbons (Fsp3) is 0.464. The van der Waals surface area contributed by atoms with Crippen molar-refractivity contribution in [3.8, 4) is 0 Å². The highest BCUT2D eigenvalue weighted by atomic mass is 16.5. The summed E-state index contributed by atoms with van der Waals surface area (Å²) in [4.78, 5) is 42.6. The third-order valence-electron chi connectivity index (χ3n) is 8.19. The van der Waals surface area contributed by atoms with E-state index in [4.69, 9.17) is 4.74 Å². The topological polar surface area (TPSA) is 75.7 Å². The van der Waals surface area contributed by atoms with Gasteiger partial charge in [-0.25, -0.2) is 0 Å². The minimum Gasteiger partial charge on any atom is -0.376 e. The van der Waals surface area contributed by atoms with E-state index in [-0.39, 0.29) is 41.6 Å². The molecule has 0 aromatic heterocycles. The number of rotatable bonds is 5. The lowest BCUT2D eigenvalue weighted by Gasteiger charge is -2.45. The molecule has 2 aromatic carbocycles. The van der Waals surface area contributed by atoms with E-state index in [9.17, 15) is 14.4 Å². The van der Waals surface area contributed by atoms with Crippen LogP contribution in [-0.2, 0) is 19.1 Å². The molecule has 2 saturated heterocycles. The van der Waals surface area contributed by atoms with Crippen molar-refractivity contribution in [3.63, 3.8) is 0 Å². The summed E-state index contributed by atoms with van der Waals surface area (Å²) in [5.74, 6) is -2.13. The molecule has 34 heavy (non-hydrogen) atoms. The first-order valence-corrected chi connectivity index (χ1v) is 12.4. The molecule has 6 heteroatoms. The van der Waals surface area contributed by atoms with Gasteiger partial charge in [0.15, 0.2) is 0 Å². The highest BCUT2D eigenvalue weighted by Gasteiger charge is 2.63. The average Bonchev–Trinajstić information content (AvgIpc) is 3.46. The van der Waals surface area contributed by atoms with Crippen molar-refractivity contribution in [1.29, 1.82) is 0 Å². The third kappa shape index (κ3) is 3.01. The van der Waals surface area contributed by atoms with Gasteiger partial charge in [-0.2, -0.15) is 0 Å². The lowest BCUT2D eigenvalue weighted by Crippen LogP contribution is -2.53. The summed E-state index contributed by atoms with van der Waals surface area (Å²) in [7, 11) is 0. The van der Waals surface area contributed by atoms with Crippen LogP contribution in [0.25, 0.3) is 0 Å². The Morgan fingerprint density at radius 2 is 1.44 bits per heavy atom. The van der Waals surface area contributed by atoms with Crippen LogP contribution < -0.4 is 5.32 Å². The summed E-state index contributed by atoms with van der Waals surface area (Å²) in [5.41, 5.74) is 4.55. The van der Waals surface area contributed by atoms with Crippen molar-refractivity contribution in [3.05, 3.63) is 70.8 Å². The van der Waals surface area contributed by atoms with E-state index in [1.165, 1.54) is 4.90 Å². The number of hydrogen-bond acceptors (Lipinski definition) is 4. The summed E-state index contributed by atoms with van der Waals surface area (Å²) in [6.07, 6.45) is 1.91. The predicted molar refractivity (Wildman–Crippen MR) is 126 cm³/mol. The van der Waals surface area contributed by atoms with Crippen LogP contribution in [0.5, 0.6) is 0 Å². The Bertz CT molecular complexity index is 1050. The van der Waals surface area contributed by atoms with E-state index in [1.807, 2.05) is 38.1 Å². The zero-order valence-electron chi connectivity index (χ0n) is 19.6. The van der Waals surface area contributed by atoms with Gasteiger partial charge in [0.1, 0.15) is 6.04 Å². The molecule has 0 saturated carbocycles. The summed E-state index contributed by atoms with van der Waals surface area (Å²) in [6.45, 7) is 4.92. The summed E-state index contributed by atoms with van der Waals surface area (Å²) in [6, 6.07) is 15.6. The van der Waals surface area contributed by atoms with Crippen LogP contribution >= 0.6 is 0 Å². The van der Waals surface area contributed by atoms with E-state index in [2.05, 4.69) is 29.6 Å². The van der Waals surface area contributed by atoms with E-state index in [0.717, 1.165) is 35.1 Å². The van der Waals surface area contributed by atoms with Gasteiger partial charge in [-0.3, -0.25) is 19.3 Å². The van der Waals surface area contributed by atoms with Crippen LogP contribution in [0.4, 0.5) is 0 Å². The Morgan fingerprint density at radius 1 is 0.941 bits per heavy atom. The van der Waals surface area contributed by atoms with Crippen molar-refractivity contribution in [2.45, 2.75) is 50.7 Å². The molecule has 7 rings (SSSR count). The molecule has 2 bridgehead atoms. The predicted octanol–water partition coefficient (Wildman–Crippen LogP) is 3.20. The van der Waals surface area contributed by atoms with E-state index in [0.29, 0.717) is 13.2 Å². The van der Waals surface area contributed by atoms with Crippen LogP contribution in [0.3, 0.4) is 0 Å². The minimum absolute atomic E-state index is 0.00386. The van der Waals surface area contributed by atoms with Crippen molar-refractivity contribution >= 4 is 17.7 Å². The zero-order chi connectivity index (χ0) is 23.6. The van der Waals surface area contributed by atoms with Gasteiger partial charge >= 0.3 is 0 Å². The molecule has 2 fully saturated rings. The van der Waals surface area contributed by atoms with Gasteiger partial charge in [0, 0.05) is 25.0 Å². The largest absolute Gasteiger partial charge is 0.376 e. The molecule has 3 amide bonds. The minimum atomic E-state index is -0.822. The van der Waals surface area contributed by atoms with Gasteiger partial charge in [-0.15, -0.1) is 0 Å². The highest BCUT2D eigenvalue weighted by Crippen LogP contribution is 2.61. The first-order chi connectivity index (χ1) is 16.5. The van der Waals surface area contributed by atoms with Crippen LogP contribution in [0.2, 0.25) is 0 Å². The Hall–Kier alpha value is -2.99. The molecule has 6 nitrogen and oxygen atoms in total. The Labute approximate surface area is 199 Å². The Kier molecular flexibility index (Phi) is 5.10. The maximum absolute atomic E-state index is 14.0. The van der Waals surface area contributed by atoms with Crippen LogP contribution in [0, 0.1) is 17.8 Å². The zero-order valence-corrected chi connectivity index (χ0v) is 19.6. The molecular weight excluding hydrogens is 428 g/mol. The first-order valence-electron chi connectivity index (χ1n) is 12.4. The maximum atomic E-state index is 14.0. The smallest absolute Gasteiger partial charge is 0.243 e. The molecule has 4 atom stereocenters. The molecule has 2 heterocycles. The number of hydrogen-bond donors (Lipinski definition) is 1. The molecular formula is C28H30N2O4. The van der Waals surface area contributed by atoms with Gasteiger partial charge in [0.25, 0.3) is 0 Å². The SMILES string of the molecule is CC(C)[C@H](C(=O)NC[C@H]1CCCO1)N1C(=O)[C@@H]2C3c4ccccc4C(c4ccccc43)[C@@H]2C1=O.